The summed E-state index contributed by atoms with van der Waals surface area (Å²) in [6, 6.07) is 12.5. The van der Waals surface area contributed by atoms with Gasteiger partial charge in [0, 0.05) is 30.9 Å². The zero-order valence-corrected chi connectivity index (χ0v) is 18.4. The minimum Gasteiger partial charge on any atom is -0.493 e. The molecule has 0 bridgehead atoms. The molecule has 3 aliphatic rings. The molecule has 164 valence electrons. The minimum atomic E-state index is -3.46. The number of rotatable bonds is 6. The van der Waals surface area contributed by atoms with Crippen LogP contribution >= 0.6 is 0 Å². The van der Waals surface area contributed by atoms with Crippen LogP contribution in [0.3, 0.4) is 0 Å². The van der Waals surface area contributed by atoms with Gasteiger partial charge in [-0.05, 0) is 92.5 Å². The van der Waals surface area contributed by atoms with E-state index in [2.05, 4.69) is 0 Å². The molecule has 2 heterocycles. The number of fused-ring (bicyclic) bond motifs is 1. The molecule has 2 fully saturated rings. The molecule has 2 aromatic rings. The standard InChI is InChI=1S/C24H28N2O4S/c27-24(19-7-9-21(10-8-19)30-17-18-5-6-18)26-15-3-4-20-16-22(11-12-23(20)26)31(28,29)25-13-1-2-14-25/h7-12,16,18H,1-6,13-15,17H2. The van der Waals surface area contributed by atoms with Crippen LogP contribution in [0.4, 0.5) is 5.69 Å². The molecule has 6 nitrogen and oxygen atoms in total. The maximum atomic E-state index is 13.2. The first-order chi connectivity index (χ1) is 15.0. The second-order valence-corrected chi connectivity index (χ2v) is 10.7. The van der Waals surface area contributed by atoms with Gasteiger partial charge in [0.05, 0.1) is 11.5 Å². The zero-order chi connectivity index (χ0) is 21.4. The number of aryl methyl sites for hydroxylation is 1. The summed E-state index contributed by atoms with van der Waals surface area (Å²) in [5.74, 6) is 1.41. The van der Waals surface area contributed by atoms with Crippen LogP contribution in [0.5, 0.6) is 5.75 Å². The van der Waals surface area contributed by atoms with E-state index in [1.807, 2.05) is 24.3 Å². The molecule has 5 rings (SSSR count). The summed E-state index contributed by atoms with van der Waals surface area (Å²) in [5, 5.41) is 0. The lowest BCUT2D eigenvalue weighted by Gasteiger charge is -2.30. The Morgan fingerprint density at radius 3 is 2.42 bits per heavy atom. The number of sulfonamides is 1. The molecule has 31 heavy (non-hydrogen) atoms. The van der Waals surface area contributed by atoms with E-state index in [-0.39, 0.29) is 5.91 Å². The van der Waals surface area contributed by atoms with Gasteiger partial charge in [-0.25, -0.2) is 8.42 Å². The Morgan fingerprint density at radius 1 is 0.968 bits per heavy atom. The maximum absolute atomic E-state index is 13.2. The number of hydrogen-bond acceptors (Lipinski definition) is 4. The summed E-state index contributed by atoms with van der Waals surface area (Å²) in [5.41, 5.74) is 2.34. The van der Waals surface area contributed by atoms with Crippen molar-refractivity contribution in [3.05, 3.63) is 53.6 Å². The fourth-order valence-corrected chi connectivity index (χ4v) is 5.94. The summed E-state index contributed by atoms with van der Waals surface area (Å²) in [6.07, 6.45) is 5.90. The topological polar surface area (TPSA) is 66.9 Å². The van der Waals surface area contributed by atoms with Crippen LogP contribution in [0.25, 0.3) is 0 Å². The van der Waals surface area contributed by atoms with Crippen LogP contribution in [0.1, 0.15) is 48.0 Å². The number of hydrogen-bond donors (Lipinski definition) is 0. The summed E-state index contributed by atoms with van der Waals surface area (Å²) in [7, 11) is -3.46. The van der Waals surface area contributed by atoms with E-state index in [9.17, 15) is 13.2 Å². The van der Waals surface area contributed by atoms with Crippen LogP contribution < -0.4 is 9.64 Å². The van der Waals surface area contributed by atoms with Gasteiger partial charge in [0.15, 0.2) is 0 Å². The lowest BCUT2D eigenvalue weighted by molar-refractivity contribution is 0.0985. The largest absolute Gasteiger partial charge is 0.493 e. The molecule has 1 saturated heterocycles. The van der Waals surface area contributed by atoms with Gasteiger partial charge in [-0.3, -0.25) is 4.79 Å². The molecule has 1 amide bonds. The van der Waals surface area contributed by atoms with E-state index >= 15 is 0 Å². The maximum Gasteiger partial charge on any atom is 0.258 e. The van der Waals surface area contributed by atoms with Gasteiger partial charge in [0.25, 0.3) is 5.91 Å². The number of anilines is 1. The molecular formula is C24H28N2O4S. The average molecular weight is 441 g/mol. The van der Waals surface area contributed by atoms with E-state index in [1.54, 1.807) is 27.4 Å². The number of nitrogens with zero attached hydrogens (tertiary/aromatic N) is 2. The number of carbonyl (C=O) groups excluding carboxylic acids is 1. The molecule has 0 spiro atoms. The molecule has 2 aliphatic heterocycles. The highest BCUT2D eigenvalue weighted by atomic mass is 32.2. The third-order valence-corrected chi connectivity index (χ3v) is 8.30. The highest BCUT2D eigenvalue weighted by molar-refractivity contribution is 7.89. The highest BCUT2D eigenvalue weighted by Crippen LogP contribution is 2.33. The molecule has 0 N–H and O–H groups in total. The van der Waals surface area contributed by atoms with Crippen molar-refractivity contribution < 1.29 is 17.9 Å². The summed E-state index contributed by atoms with van der Waals surface area (Å²) < 4.78 is 33.2. The molecule has 7 heteroatoms. The Morgan fingerprint density at radius 2 is 1.71 bits per heavy atom. The fourth-order valence-electron chi connectivity index (χ4n) is 4.37. The smallest absolute Gasteiger partial charge is 0.258 e. The van der Waals surface area contributed by atoms with Gasteiger partial charge in [-0.2, -0.15) is 4.31 Å². The first kappa shape index (κ1) is 20.5. The molecule has 0 atom stereocenters. The average Bonchev–Trinajstić information content (AvgIpc) is 3.46. The van der Waals surface area contributed by atoms with Crippen molar-refractivity contribution in [3.8, 4) is 5.75 Å². The van der Waals surface area contributed by atoms with Gasteiger partial charge in [-0.1, -0.05) is 0 Å². The van der Waals surface area contributed by atoms with Crippen LogP contribution in [0.2, 0.25) is 0 Å². The van der Waals surface area contributed by atoms with E-state index in [0.717, 1.165) is 49.3 Å². The molecule has 2 aromatic carbocycles. The van der Waals surface area contributed by atoms with E-state index in [0.29, 0.717) is 36.0 Å². The summed E-state index contributed by atoms with van der Waals surface area (Å²) in [4.78, 5) is 15.3. The highest BCUT2D eigenvalue weighted by Gasteiger charge is 2.30. The molecular weight excluding hydrogens is 412 g/mol. The van der Waals surface area contributed by atoms with Crippen LogP contribution in [0, 0.1) is 5.92 Å². The van der Waals surface area contributed by atoms with Crippen molar-refractivity contribution in [2.75, 3.05) is 31.1 Å². The zero-order valence-electron chi connectivity index (χ0n) is 17.6. The van der Waals surface area contributed by atoms with E-state index in [4.69, 9.17) is 4.74 Å². The Labute approximate surface area is 183 Å². The Hall–Kier alpha value is -2.38. The summed E-state index contributed by atoms with van der Waals surface area (Å²) >= 11 is 0. The lowest BCUT2D eigenvalue weighted by atomic mass is 10.0. The Kier molecular flexibility index (Phi) is 5.48. The van der Waals surface area contributed by atoms with E-state index in [1.165, 1.54) is 12.8 Å². The van der Waals surface area contributed by atoms with Gasteiger partial charge in [-0.15, -0.1) is 0 Å². The third kappa shape index (κ3) is 4.21. The normalized spacial score (nSPS) is 19.3. The van der Waals surface area contributed by atoms with Gasteiger partial charge >= 0.3 is 0 Å². The predicted molar refractivity (Wildman–Crippen MR) is 119 cm³/mol. The van der Waals surface area contributed by atoms with E-state index < -0.39 is 10.0 Å². The molecule has 1 aliphatic carbocycles. The molecule has 0 radical (unpaired) electrons. The number of benzene rings is 2. The Balaban J connectivity index is 1.35. The van der Waals surface area contributed by atoms with Gasteiger partial charge in [0.1, 0.15) is 5.75 Å². The molecule has 0 aromatic heterocycles. The third-order valence-electron chi connectivity index (χ3n) is 6.40. The monoisotopic (exact) mass is 440 g/mol. The minimum absolute atomic E-state index is 0.0650. The predicted octanol–water partition coefficient (Wildman–Crippen LogP) is 3.85. The second-order valence-electron chi connectivity index (χ2n) is 8.74. The summed E-state index contributed by atoms with van der Waals surface area (Å²) in [6.45, 7) is 2.55. The number of ether oxygens (including phenoxy) is 1. The SMILES string of the molecule is O=C(c1ccc(OCC2CC2)cc1)N1CCCc2cc(S(=O)(=O)N3CCCC3)ccc21. The van der Waals surface area contributed by atoms with Crippen molar-refractivity contribution in [1.29, 1.82) is 0 Å². The second kappa shape index (κ2) is 8.28. The molecule has 1 saturated carbocycles. The lowest BCUT2D eigenvalue weighted by Crippen LogP contribution is -2.35. The van der Waals surface area contributed by atoms with Crippen LogP contribution in [-0.4, -0.2) is 44.9 Å². The van der Waals surface area contributed by atoms with Crippen molar-refractivity contribution in [2.45, 2.75) is 43.4 Å². The fraction of sp³-hybridized carbons (Fsp3) is 0.458. The van der Waals surface area contributed by atoms with Crippen LogP contribution in [-0.2, 0) is 16.4 Å². The first-order valence-corrected chi connectivity index (χ1v) is 12.6. The first-order valence-electron chi connectivity index (χ1n) is 11.2. The van der Waals surface area contributed by atoms with Crippen molar-refractivity contribution in [3.63, 3.8) is 0 Å². The quantitative estimate of drug-likeness (QED) is 0.684. The Bertz CT molecular complexity index is 1070. The number of carbonyl (C=O) groups is 1. The number of amides is 1. The van der Waals surface area contributed by atoms with Crippen molar-refractivity contribution in [1.82, 2.24) is 4.31 Å². The van der Waals surface area contributed by atoms with Crippen LogP contribution in [0.15, 0.2) is 47.4 Å². The molecule has 0 unspecified atom stereocenters. The van der Waals surface area contributed by atoms with Gasteiger partial charge in [0.2, 0.25) is 10.0 Å². The van der Waals surface area contributed by atoms with Gasteiger partial charge < -0.3 is 9.64 Å². The van der Waals surface area contributed by atoms with Crippen molar-refractivity contribution in [2.24, 2.45) is 5.92 Å². The van der Waals surface area contributed by atoms with Crippen molar-refractivity contribution >= 4 is 21.6 Å².